The number of pyridine rings is 1. The molecule has 0 saturated heterocycles. The Balaban J connectivity index is 1.33. The van der Waals surface area contributed by atoms with Gasteiger partial charge in [0, 0.05) is 37.0 Å². The molecule has 1 amide bonds. The van der Waals surface area contributed by atoms with Crippen molar-refractivity contribution in [2.24, 2.45) is 0 Å². The van der Waals surface area contributed by atoms with Gasteiger partial charge in [0.25, 0.3) is 5.91 Å². The van der Waals surface area contributed by atoms with E-state index >= 15 is 0 Å². The number of nitrogens with zero attached hydrogens (tertiary/aromatic N) is 4. The van der Waals surface area contributed by atoms with Gasteiger partial charge in [-0.1, -0.05) is 121 Å². The number of H-pyrrole nitrogens is 1. The van der Waals surface area contributed by atoms with Crippen molar-refractivity contribution in [3.8, 4) is 11.3 Å². The van der Waals surface area contributed by atoms with Crippen LogP contribution in [0.2, 0.25) is 0 Å². The molecule has 8 rings (SSSR count). The fraction of sp³-hybridized carbons (Fsp3) is 0.0952. The van der Waals surface area contributed by atoms with Gasteiger partial charge in [-0.3, -0.25) is 19.6 Å². The lowest BCUT2D eigenvalue weighted by Crippen LogP contribution is -2.38. The lowest BCUT2D eigenvalue weighted by molar-refractivity contribution is 0.0821. The molecule has 0 aliphatic heterocycles. The fourth-order valence-electron chi connectivity index (χ4n) is 6.92. The number of hydrogen-bond acceptors (Lipinski definition) is 5. The lowest BCUT2D eigenvalue weighted by Gasteiger charge is -2.37. The Labute approximate surface area is 289 Å². The number of imidazole rings is 1. The summed E-state index contributed by atoms with van der Waals surface area (Å²) in [5.41, 5.74) is 7.40. The second-order valence-corrected chi connectivity index (χ2v) is 12.1. The number of methoxy groups -OCH3 is 1. The van der Waals surface area contributed by atoms with Gasteiger partial charge >= 0.3 is 0 Å². The Kier molecular flexibility index (Phi) is 8.20. The van der Waals surface area contributed by atoms with Crippen molar-refractivity contribution in [1.29, 1.82) is 0 Å². The lowest BCUT2D eigenvalue weighted by atomic mass is 9.77. The van der Waals surface area contributed by atoms with Crippen LogP contribution in [-0.4, -0.2) is 44.3 Å². The van der Waals surface area contributed by atoms with Crippen LogP contribution in [0.1, 0.15) is 39.0 Å². The predicted octanol–water partition coefficient (Wildman–Crippen LogP) is 7.93. The van der Waals surface area contributed by atoms with E-state index in [1.165, 1.54) is 0 Å². The molecule has 0 saturated carbocycles. The van der Waals surface area contributed by atoms with Crippen LogP contribution in [0.3, 0.4) is 0 Å². The molecule has 3 aromatic heterocycles. The molecule has 3 heterocycles. The number of amides is 1. The number of aromatic nitrogens is 5. The van der Waals surface area contributed by atoms with E-state index in [4.69, 9.17) is 14.7 Å². The molecule has 8 aromatic rings. The Bertz CT molecular complexity index is 2280. The normalized spacial score (nSPS) is 12.3. The smallest absolute Gasteiger partial charge is 0.289 e. The first-order valence-electron chi connectivity index (χ1n) is 16.5. The first-order chi connectivity index (χ1) is 24.7. The van der Waals surface area contributed by atoms with Gasteiger partial charge in [-0.25, -0.2) is 9.97 Å². The number of carbonyl (C=O) groups excluding carboxylic acids is 1. The zero-order valence-corrected chi connectivity index (χ0v) is 27.4. The number of hydrogen-bond donors (Lipinski definition) is 2. The first-order valence-corrected chi connectivity index (χ1v) is 16.5. The van der Waals surface area contributed by atoms with Crippen molar-refractivity contribution < 1.29 is 9.53 Å². The second kappa shape index (κ2) is 13.3. The Morgan fingerprint density at radius 2 is 1.26 bits per heavy atom. The van der Waals surface area contributed by atoms with Crippen molar-refractivity contribution >= 4 is 27.8 Å². The minimum atomic E-state index is -0.812. The highest BCUT2D eigenvalue weighted by molar-refractivity contribution is 6.03. The van der Waals surface area contributed by atoms with Crippen LogP contribution in [0.5, 0.6) is 0 Å². The number of carbonyl (C=O) groups is 1. The molecule has 0 spiro atoms. The molecule has 0 aliphatic carbocycles. The van der Waals surface area contributed by atoms with Crippen LogP contribution in [0.15, 0.2) is 158 Å². The SMILES string of the molecule is COC(CNC(=O)c1nc2cc3c(-c4ccncc4)[nH]n(C(c4ccccc4)(c4ccccc4)c4ccccc4)c3cc2n1)c1ccccc1. The third-order valence-corrected chi connectivity index (χ3v) is 9.27. The first kappa shape index (κ1) is 30.9. The molecule has 50 heavy (non-hydrogen) atoms. The minimum Gasteiger partial charge on any atom is -0.375 e. The Morgan fingerprint density at radius 1 is 0.740 bits per heavy atom. The van der Waals surface area contributed by atoms with E-state index in [9.17, 15) is 4.79 Å². The molecule has 0 radical (unpaired) electrons. The van der Waals surface area contributed by atoms with Gasteiger partial charge in [0.15, 0.2) is 0 Å². The average Bonchev–Trinajstić information content (AvgIpc) is 3.78. The highest BCUT2D eigenvalue weighted by atomic mass is 16.5. The van der Waals surface area contributed by atoms with Crippen LogP contribution in [0.25, 0.3) is 33.2 Å². The standard InChI is InChI=1S/C42H34N6O2/c1-50-38(29-14-6-2-7-15-29)28-44-41(49)40-45-35-26-34-37(27-36(35)46-40)48(47-39(34)30-22-24-43-25-23-30)42(31-16-8-3-9-17-31,32-18-10-4-11-19-32)33-20-12-5-13-21-33/h2-27,38,47H,28H2,1H3,(H,44,49). The fourth-order valence-corrected chi connectivity index (χ4v) is 6.92. The van der Waals surface area contributed by atoms with Gasteiger partial charge in [0.2, 0.25) is 5.82 Å². The number of rotatable bonds is 10. The molecular formula is C42H34N6O2. The molecule has 1 atom stereocenters. The third-order valence-electron chi connectivity index (χ3n) is 9.27. The summed E-state index contributed by atoms with van der Waals surface area (Å²) < 4.78 is 7.90. The summed E-state index contributed by atoms with van der Waals surface area (Å²) >= 11 is 0. The summed E-state index contributed by atoms with van der Waals surface area (Å²) in [4.78, 5) is 27.2. The minimum absolute atomic E-state index is 0.108. The summed E-state index contributed by atoms with van der Waals surface area (Å²) in [5.74, 6) is -0.253. The molecule has 0 aliphatic rings. The molecule has 2 N–H and O–H groups in total. The van der Waals surface area contributed by atoms with E-state index in [0.29, 0.717) is 11.0 Å². The monoisotopic (exact) mass is 654 g/mol. The maximum Gasteiger partial charge on any atom is 0.289 e. The molecule has 5 aromatic carbocycles. The number of ether oxygens (including phenoxy) is 1. The highest BCUT2D eigenvalue weighted by Gasteiger charge is 2.40. The zero-order chi connectivity index (χ0) is 33.9. The number of aromatic amines is 1. The van der Waals surface area contributed by atoms with Crippen LogP contribution < -0.4 is 5.32 Å². The number of nitrogens with one attached hydrogen (secondary N) is 2. The van der Waals surface area contributed by atoms with Crippen molar-refractivity contribution in [3.05, 3.63) is 186 Å². The van der Waals surface area contributed by atoms with Crippen molar-refractivity contribution in [2.45, 2.75) is 11.6 Å². The highest BCUT2D eigenvalue weighted by Crippen LogP contribution is 2.44. The molecule has 8 nitrogen and oxygen atoms in total. The van der Waals surface area contributed by atoms with Gasteiger partial charge in [-0.05, 0) is 46.5 Å². The molecular weight excluding hydrogens is 621 g/mol. The van der Waals surface area contributed by atoms with Crippen LogP contribution in [0.4, 0.5) is 0 Å². The van der Waals surface area contributed by atoms with Crippen LogP contribution >= 0.6 is 0 Å². The predicted molar refractivity (Wildman–Crippen MR) is 196 cm³/mol. The van der Waals surface area contributed by atoms with Crippen LogP contribution in [0, 0.1) is 0 Å². The summed E-state index contributed by atoms with van der Waals surface area (Å²) in [6, 6.07) is 49.4. The second-order valence-electron chi connectivity index (χ2n) is 12.1. The molecule has 8 heteroatoms. The van der Waals surface area contributed by atoms with Gasteiger partial charge in [-0.2, -0.15) is 0 Å². The van der Waals surface area contributed by atoms with E-state index < -0.39 is 5.54 Å². The van der Waals surface area contributed by atoms with Crippen molar-refractivity contribution in [2.75, 3.05) is 13.7 Å². The Morgan fingerprint density at radius 3 is 1.80 bits per heavy atom. The van der Waals surface area contributed by atoms with Gasteiger partial charge < -0.3 is 10.1 Å². The number of fused-ring (bicyclic) bond motifs is 2. The molecule has 1 unspecified atom stereocenters. The summed E-state index contributed by atoms with van der Waals surface area (Å²) in [5, 5.41) is 7.75. The maximum absolute atomic E-state index is 13.5. The maximum atomic E-state index is 13.5. The van der Waals surface area contributed by atoms with E-state index in [-0.39, 0.29) is 24.4 Å². The van der Waals surface area contributed by atoms with Crippen molar-refractivity contribution in [3.63, 3.8) is 0 Å². The quantitative estimate of drug-likeness (QED) is 0.146. The zero-order valence-electron chi connectivity index (χ0n) is 27.4. The summed E-state index contributed by atoms with van der Waals surface area (Å²) in [6.45, 7) is 0.284. The van der Waals surface area contributed by atoms with Gasteiger partial charge in [-0.15, -0.1) is 0 Å². The topological polar surface area (TPSA) is 97.7 Å². The van der Waals surface area contributed by atoms with Crippen molar-refractivity contribution in [1.82, 2.24) is 30.0 Å². The van der Waals surface area contributed by atoms with Crippen LogP contribution in [-0.2, 0) is 10.3 Å². The Hall–Kier alpha value is -6.38. The van der Waals surface area contributed by atoms with Gasteiger partial charge in [0.05, 0.1) is 28.3 Å². The van der Waals surface area contributed by atoms with Gasteiger partial charge in [0.1, 0.15) is 5.54 Å². The summed E-state index contributed by atoms with van der Waals surface area (Å²) in [6.07, 6.45) is 3.28. The summed E-state index contributed by atoms with van der Waals surface area (Å²) in [7, 11) is 1.63. The average molecular weight is 655 g/mol. The molecule has 0 bridgehead atoms. The molecule has 0 fully saturated rings. The molecule has 244 valence electrons. The largest absolute Gasteiger partial charge is 0.375 e. The number of benzene rings is 5. The third kappa shape index (κ3) is 5.41. The van der Waals surface area contributed by atoms with E-state index in [2.05, 4.69) is 92.9 Å². The van der Waals surface area contributed by atoms with E-state index in [0.717, 1.165) is 44.4 Å². The van der Waals surface area contributed by atoms with E-state index in [1.54, 1.807) is 19.5 Å². The van der Waals surface area contributed by atoms with E-state index in [1.807, 2.05) is 72.8 Å².